The molecule has 0 amide bonds. The minimum absolute atomic E-state index is 0.157. The maximum Gasteiger partial charge on any atom is 0.308 e. The van der Waals surface area contributed by atoms with E-state index >= 15 is 0 Å². The van der Waals surface area contributed by atoms with Gasteiger partial charge in [0, 0.05) is 17.7 Å². The number of carbonyl (C=O) groups excluding carboxylic acids is 1. The second-order valence-electron chi connectivity index (χ2n) is 4.30. The standard InChI is InChI=1S/C12H13NO4/c1-7-4-11(14)17-12(7)13-8-2-3-9-10(5-8)16-6-15-9/h2-3,5,7,12-13H,4,6H2,1H3. The molecule has 0 saturated carbocycles. The van der Waals surface area contributed by atoms with Crippen LogP contribution in [0.5, 0.6) is 11.5 Å². The number of carbonyl (C=O) groups is 1. The van der Waals surface area contributed by atoms with E-state index in [1.807, 2.05) is 25.1 Å². The third-order valence-corrected chi connectivity index (χ3v) is 2.95. The van der Waals surface area contributed by atoms with Gasteiger partial charge in [0.1, 0.15) is 0 Å². The predicted octanol–water partition coefficient (Wildman–Crippen LogP) is 1.74. The molecule has 1 aromatic carbocycles. The van der Waals surface area contributed by atoms with Gasteiger partial charge in [0.25, 0.3) is 0 Å². The second-order valence-corrected chi connectivity index (χ2v) is 4.30. The summed E-state index contributed by atoms with van der Waals surface area (Å²) >= 11 is 0. The van der Waals surface area contributed by atoms with Gasteiger partial charge in [-0.25, -0.2) is 0 Å². The molecule has 1 fully saturated rings. The van der Waals surface area contributed by atoms with Crippen molar-refractivity contribution in [1.82, 2.24) is 0 Å². The SMILES string of the molecule is CC1CC(=O)OC1Nc1ccc2c(c1)OCO2. The Morgan fingerprint density at radius 2 is 2.12 bits per heavy atom. The number of esters is 1. The molecule has 0 aliphatic carbocycles. The summed E-state index contributed by atoms with van der Waals surface area (Å²) in [6.45, 7) is 2.24. The number of cyclic esters (lactones) is 1. The van der Waals surface area contributed by atoms with E-state index in [0.717, 1.165) is 11.4 Å². The summed E-state index contributed by atoms with van der Waals surface area (Å²) in [4.78, 5) is 11.1. The number of hydrogen-bond acceptors (Lipinski definition) is 5. The summed E-state index contributed by atoms with van der Waals surface area (Å²) in [5.41, 5.74) is 0.862. The van der Waals surface area contributed by atoms with Crippen molar-refractivity contribution < 1.29 is 19.0 Å². The summed E-state index contributed by atoms with van der Waals surface area (Å²) < 4.78 is 15.7. The highest BCUT2D eigenvalue weighted by atomic mass is 16.7. The summed E-state index contributed by atoms with van der Waals surface area (Å²) in [6, 6.07) is 5.57. The summed E-state index contributed by atoms with van der Waals surface area (Å²) in [5, 5.41) is 3.17. The number of rotatable bonds is 2. The van der Waals surface area contributed by atoms with Crippen LogP contribution in [0.1, 0.15) is 13.3 Å². The molecule has 0 aromatic heterocycles. The maximum absolute atomic E-state index is 11.1. The Morgan fingerprint density at radius 3 is 2.88 bits per heavy atom. The van der Waals surface area contributed by atoms with E-state index in [2.05, 4.69) is 5.32 Å². The van der Waals surface area contributed by atoms with Crippen LogP contribution in [0.4, 0.5) is 5.69 Å². The molecule has 1 aromatic rings. The first-order chi connectivity index (χ1) is 8.22. The Balaban J connectivity index is 1.75. The molecule has 5 heteroatoms. The van der Waals surface area contributed by atoms with Gasteiger partial charge in [-0.15, -0.1) is 0 Å². The molecule has 2 unspecified atom stereocenters. The largest absolute Gasteiger partial charge is 0.454 e. The van der Waals surface area contributed by atoms with Crippen LogP contribution in [0.25, 0.3) is 0 Å². The normalized spacial score (nSPS) is 25.8. The quantitative estimate of drug-likeness (QED) is 0.791. The molecule has 2 atom stereocenters. The molecule has 17 heavy (non-hydrogen) atoms. The first kappa shape index (κ1) is 10.3. The Bertz CT molecular complexity index is 460. The topological polar surface area (TPSA) is 56.8 Å². The third kappa shape index (κ3) is 1.88. The van der Waals surface area contributed by atoms with Gasteiger partial charge in [-0.2, -0.15) is 0 Å². The molecule has 1 saturated heterocycles. The highest BCUT2D eigenvalue weighted by molar-refractivity contribution is 5.72. The van der Waals surface area contributed by atoms with Gasteiger partial charge in [-0.05, 0) is 12.1 Å². The third-order valence-electron chi connectivity index (χ3n) is 2.95. The number of fused-ring (bicyclic) bond motifs is 1. The average Bonchev–Trinajstić information content (AvgIpc) is 2.85. The van der Waals surface area contributed by atoms with Gasteiger partial charge in [0.15, 0.2) is 17.7 Å². The molecule has 2 aliphatic rings. The number of anilines is 1. The fourth-order valence-electron chi connectivity index (χ4n) is 2.00. The lowest BCUT2D eigenvalue weighted by atomic mass is 10.1. The summed E-state index contributed by atoms with van der Waals surface area (Å²) in [6.07, 6.45) is 0.199. The molecule has 2 aliphatic heterocycles. The smallest absolute Gasteiger partial charge is 0.308 e. The van der Waals surface area contributed by atoms with E-state index in [0.29, 0.717) is 12.2 Å². The molecule has 90 valence electrons. The van der Waals surface area contributed by atoms with Gasteiger partial charge in [-0.3, -0.25) is 4.79 Å². The van der Waals surface area contributed by atoms with Gasteiger partial charge in [0.05, 0.1) is 6.42 Å². The van der Waals surface area contributed by atoms with Gasteiger partial charge >= 0.3 is 5.97 Å². The fourth-order valence-corrected chi connectivity index (χ4v) is 2.00. The van der Waals surface area contributed by atoms with Crippen LogP contribution < -0.4 is 14.8 Å². The molecule has 0 radical (unpaired) electrons. The zero-order chi connectivity index (χ0) is 11.8. The highest BCUT2D eigenvalue weighted by Gasteiger charge is 2.31. The first-order valence-electron chi connectivity index (χ1n) is 5.58. The predicted molar refractivity (Wildman–Crippen MR) is 59.8 cm³/mol. The van der Waals surface area contributed by atoms with E-state index in [1.165, 1.54) is 0 Å². The number of ether oxygens (including phenoxy) is 3. The van der Waals surface area contributed by atoms with Crippen molar-refractivity contribution in [3.05, 3.63) is 18.2 Å². The van der Waals surface area contributed by atoms with Crippen LogP contribution in [0.3, 0.4) is 0 Å². The maximum atomic E-state index is 11.1. The number of hydrogen-bond donors (Lipinski definition) is 1. The van der Waals surface area contributed by atoms with Crippen LogP contribution in [-0.4, -0.2) is 19.0 Å². The molecular weight excluding hydrogens is 222 g/mol. The number of nitrogens with one attached hydrogen (secondary N) is 1. The van der Waals surface area contributed by atoms with Crippen LogP contribution in [-0.2, 0) is 9.53 Å². The van der Waals surface area contributed by atoms with Crippen molar-refractivity contribution in [1.29, 1.82) is 0 Å². The zero-order valence-electron chi connectivity index (χ0n) is 9.43. The number of benzene rings is 1. The van der Waals surface area contributed by atoms with Crippen LogP contribution in [0.15, 0.2) is 18.2 Å². The Hall–Kier alpha value is -1.91. The summed E-state index contributed by atoms with van der Waals surface area (Å²) in [5.74, 6) is 1.47. The van der Waals surface area contributed by atoms with E-state index in [9.17, 15) is 4.79 Å². The van der Waals surface area contributed by atoms with Crippen molar-refractivity contribution >= 4 is 11.7 Å². The Morgan fingerprint density at radius 1 is 1.29 bits per heavy atom. The van der Waals surface area contributed by atoms with Crippen LogP contribution in [0, 0.1) is 5.92 Å². The lowest BCUT2D eigenvalue weighted by Gasteiger charge is -2.17. The molecular formula is C12H13NO4. The van der Waals surface area contributed by atoms with E-state index in [-0.39, 0.29) is 24.9 Å². The monoisotopic (exact) mass is 235 g/mol. The fraction of sp³-hybridized carbons (Fsp3) is 0.417. The molecule has 3 rings (SSSR count). The molecule has 0 bridgehead atoms. The van der Waals surface area contributed by atoms with Crippen molar-refractivity contribution in [3.8, 4) is 11.5 Å². The zero-order valence-corrected chi connectivity index (χ0v) is 9.43. The van der Waals surface area contributed by atoms with E-state index in [4.69, 9.17) is 14.2 Å². The van der Waals surface area contributed by atoms with Crippen molar-refractivity contribution in [3.63, 3.8) is 0 Å². The van der Waals surface area contributed by atoms with E-state index < -0.39 is 0 Å². The minimum atomic E-state index is -0.261. The van der Waals surface area contributed by atoms with Gasteiger partial charge < -0.3 is 19.5 Å². The van der Waals surface area contributed by atoms with Crippen LogP contribution >= 0.6 is 0 Å². The molecule has 2 heterocycles. The minimum Gasteiger partial charge on any atom is -0.454 e. The van der Waals surface area contributed by atoms with Crippen LogP contribution in [0.2, 0.25) is 0 Å². The van der Waals surface area contributed by atoms with Crippen molar-refractivity contribution in [2.24, 2.45) is 5.92 Å². The molecule has 1 N–H and O–H groups in total. The highest BCUT2D eigenvalue weighted by Crippen LogP contribution is 2.35. The molecule has 0 spiro atoms. The summed E-state index contributed by atoms with van der Waals surface area (Å²) in [7, 11) is 0. The lowest BCUT2D eigenvalue weighted by molar-refractivity contribution is -0.140. The van der Waals surface area contributed by atoms with Gasteiger partial charge in [0.2, 0.25) is 6.79 Å². The average molecular weight is 235 g/mol. The first-order valence-corrected chi connectivity index (χ1v) is 5.58. The Kier molecular flexibility index (Phi) is 2.31. The second kappa shape index (κ2) is 3.84. The molecule has 5 nitrogen and oxygen atoms in total. The van der Waals surface area contributed by atoms with Crippen molar-refractivity contribution in [2.75, 3.05) is 12.1 Å². The van der Waals surface area contributed by atoms with Gasteiger partial charge in [-0.1, -0.05) is 6.92 Å². The van der Waals surface area contributed by atoms with Crippen molar-refractivity contribution in [2.45, 2.75) is 19.6 Å². The van der Waals surface area contributed by atoms with E-state index in [1.54, 1.807) is 0 Å². The lowest BCUT2D eigenvalue weighted by Crippen LogP contribution is -2.23. The Labute approximate surface area is 98.7 Å².